The average molecular weight is 537 g/mol. The fraction of sp³-hybridized carbons (Fsp3) is 0.833. The molecule has 1 saturated heterocycles. The van der Waals surface area contributed by atoms with Gasteiger partial charge in [0.15, 0.2) is 5.79 Å². The van der Waals surface area contributed by atoms with Gasteiger partial charge in [-0.1, -0.05) is 65.4 Å². The molecule has 1 heterocycles. The van der Waals surface area contributed by atoms with Gasteiger partial charge in [0.25, 0.3) is 0 Å². The highest BCUT2D eigenvalue weighted by Crippen LogP contribution is 2.34. The fourth-order valence-corrected chi connectivity index (χ4v) is 5.11. The molecule has 0 spiro atoms. The molecule has 0 aromatic carbocycles. The highest BCUT2D eigenvalue weighted by atomic mass is 16.7. The molecule has 2 amide bonds. The lowest BCUT2D eigenvalue weighted by molar-refractivity contribution is -0.304. The predicted octanol–water partition coefficient (Wildman–Crippen LogP) is 5.34. The van der Waals surface area contributed by atoms with Crippen LogP contribution in [0.25, 0.3) is 0 Å². The molecule has 2 fully saturated rings. The molecule has 38 heavy (non-hydrogen) atoms. The zero-order valence-electron chi connectivity index (χ0n) is 24.7. The van der Waals surface area contributed by atoms with Gasteiger partial charge in [-0.05, 0) is 52.4 Å². The lowest BCUT2D eigenvalue weighted by Gasteiger charge is -2.44. The van der Waals surface area contributed by atoms with Crippen LogP contribution in [0.1, 0.15) is 119 Å². The van der Waals surface area contributed by atoms with Crippen LogP contribution in [-0.2, 0) is 28.6 Å². The molecule has 0 aromatic rings. The van der Waals surface area contributed by atoms with E-state index in [-0.39, 0.29) is 42.9 Å². The number of esters is 1. The lowest BCUT2D eigenvalue weighted by atomic mass is 9.85. The summed E-state index contributed by atoms with van der Waals surface area (Å²) in [5.74, 6) is -1.56. The molecule has 1 aliphatic heterocycles. The van der Waals surface area contributed by atoms with E-state index >= 15 is 0 Å². The molecule has 3 atom stereocenters. The summed E-state index contributed by atoms with van der Waals surface area (Å²) in [5, 5.41) is 5.93. The van der Waals surface area contributed by atoms with Crippen LogP contribution in [0, 0.1) is 5.41 Å². The first-order valence-electron chi connectivity index (χ1n) is 14.8. The highest BCUT2D eigenvalue weighted by molar-refractivity contribution is 5.88. The molecule has 0 radical (unpaired) electrons. The van der Waals surface area contributed by atoms with E-state index in [1.807, 2.05) is 13.8 Å². The molecular weight excluding hydrogens is 484 g/mol. The fourth-order valence-electron chi connectivity index (χ4n) is 5.11. The maximum Gasteiger partial charge on any atom is 0.307 e. The second kappa shape index (κ2) is 15.6. The maximum absolute atomic E-state index is 12.8. The van der Waals surface area contributed by atoms with Gasteiger partial charge < -0.3 is 24.8 Å². The highest BCUT2D eigenvalue weighted by Gasteiger charge is 2.45. The summed E-state index contributed by atoms with van der Waals surface area (Å²) >= 11 is 0. The number of hydrogen-bond acceptors (Lipinski definition) is 6. The number of carbonyl (C=O) groups excluding carboxylic acids is 3. The first-order valence-corrected chi connectivity index (χ1v) is 14.8. The molecule has 2 N–H and O–H groups in total. The second-order valence-corrected chi connectivity index (χ2v) is 12.0. The van der Waals surface area contributed by atoms with Crippen molar-refractivity contribution in [1.29, 1.82) is 0 Å². The minimum Gasteiger partial charge on any atom is -0.460 e. The minimum absolute atomic E-state index is 0.0637. The van der Waals surface area contributed by atoms with Crippen LogP contribution >= 0.6 is 0 Å². The molecule has 8 heteroatoms. The average Bonchev–Trinajstić information content (AvgIpc) is 2.84. The van der Waals surface area contributed by atoms with Crippen molar-refractivity contribution in [2.24, 2.45) is 5.41 Å². The van der Waals surface area contributed by atoms with Gasteiger partial charge in [0.05, 0.1) is 19.1 Å². The van der Waals surface area contributed by atoms with Crippen LogP contribution in [0.5, 0.6) is 0 Å². The number of unbranched alkanes of at least 4 members (excludes halogenated alkanes) is 3. The van der Waals surface area contributed by atoms with Crippen molar-refractivity contribution < 1.29 is 28.6 Å². The van der Waals surface area contributed by atoms with Gasteiger partial charge in [-0.2, -0.15) is 0 Å². The van der Waals surface area contributed by atoms with E-state index in [0.717, 1.165) is 51.4 Å². The second-order valence-electron chi connectivity index (χ2n) is 12.0. The van der Waals surface area contributed by atoms with Gasteiger partial charge >= 0.3 is 5.97 Å². The monoisotopic (exact) mass is 536 g/mol. The van der Waals surface area contributed by atoms with Crippen molar-refractivity contribution in [3.8, 4) is 0 Å². The topological polar surface area (TPSA) is 103 Å². The zero-order valence-corrected chi connectivity index (χ0v) is 24.7. The number of nitrogens with one attached hydrogen (secondary N) is 2. The number of ether oxygens (including phenoxy) is 3. The number of hydrogen-bond donors (Lipinski definition) is 2. The van der Waals surface area contributed by atoms with Crippen molar-refractivity contribution in [3.05, 3.63) is 11.6 Å². The van der Waals surface area contributed by atoms with E-state index < -0.39 is 17.3 Å². The van der Waals surface area contributed by atoms with Gasteiger partial charge in [-0.25, -0.2) is 0 Å². The van der Waals surface area contributed by atoms with Gasteiger partial charge in [0.2, 0.25) is 11.8 Å². The van der Waals surface area contributed by atoms with Crippen molar-refractivity contribution in [2.45, 2.75) is 143 Å². The van der Waals surface area contributed by atoms with Gasteiger partial charge in [-0.3, -0.25) is 14.4 Å². The van der Waals surface area contributed by atoms with Gasteiger partial charge in [-0.15, -0.1) is 0 Å². The summed E-state index contributed by atoms with van der Waals surface area (Å²) in [6.07, 6.45) is 11.9. The standard InChI is InChI=1S/C30H52N2O6/c1-7-9-10-11-15-22(14-8-2)20-25(33)32-23-16-12-13-17-24(23)37-26(34)18-19-31-28(35)27-29(3,4)21-36-30(5,6)38-27/h20,23-24,27H,7-19,21H2,1-6H3,(H,31,35)(H,32,33)/b22-20+/t23-,24-,27?/m0/s1. The normalized spacial score (nSPS) is 24.9. The Labute approximate surface area is 230 Å². The molecule has 218 valence electrons. The Kier molecular flexibility index (Phi) is 13.3. The van der Waals surface area contributed by atoms with Gasteiger partial charge in [0, 0.05) is 18.0 Å². The Hall–Kier alpha value is -1.93. The molecule has 8 nitrogen and oxygen atoms in total. The number of rotatable bonds is 14. The number of carbonyl (C=O) groups is 3. The molecule has 1 aliphatic carbocycles. The Morgan fingerprint density at radius 3 is 2.39 bits per heavy atom. The minimum atomic E-state index is -0.835. The van der Waals surface area contributed by atoms with E-state index in [2.05, 4.69) is 24.5 Å². The van der Waals surface area contributed by atoms with E-state index in [1.54, 1.807) is 19.9 Å². The summed E-state index contributed by atoms with van der Waals surface area (Å²) < 4.78 is 17.3. The lowest BCUT2D eigenvalue weighted by Crippen LogP contribution is -2.56. The van der Waals surface area contributed by atoms with Crippen LogP contribution in [0.15, 0.2) is 11.6 Å². The van der Waals surface area contributed by atoms with Crippen LogP contribution in [0.3, 0.4) is 0 Å². The molecular formula is C30H52N2O6. The van der Waals surface area contributed by atoms with Crippen molar-refractivity contribution >= 4 is 17.8 Å². The van der Waals surface area contributed by atoms with Crippen LogP contribution < -0.4 is 10.6 Å². The van der Waals surface area contributed by atoms with E-state index in [0.29, 0.717) is 6.61 Å². The summed E-state index contributed by atoms with van der Waals surface area (Å²) in [6.45, 7) is 12.3. The number of allylic oxidation sites excluding steroid dienone is 1. The van der Waals surface area contributed by atoms with E-state index in [1.165, 1.54) is 24.8 Å². The Bertz CT molecular complexity index is 807. The molecule has 1 unspecified atom stereocenters. The van der Waals surface area contributed by atoms with Crippen molar-refractivity contribution in [3.63, 3.8) is 0 Å². The van der Waals surface area contributed by atoms with E-state index in [9.17, 15) is 14.4 Å². The van der Waals surface area contributed by atoms with Crippen molar-refractivity contribution in [1.82, 2.24) is 10.6 Å². The third-order valence-corrected chi connectivity index (χ3v) is 7.34. The third kappa shape index (κ3) is 11.0. The summed E-state index contributed by atoms with van der Waals surface area (Å²) in [4.78, 5) is 38.2. The zero-order chi connectivity index (χ0) is 28.2. The van der Waals surface area contributed by atoms with Crippen LogP contribution in [0.2, 0.25) is 0 Å². The SMILES string of the molecule is CCCCCC/C(=C/C(=O)N[C@H]1CCCC[C@@H]1OC(=O)CCNC(=O)C1OC(C)(C)OCC1(C)C)CCC. The summed E-state index contributed by atoms with van der Waals surface area (Å²) in [7, 11) is 0. The predicted molar refractivity (Wildman–Crippen MR) is 148 cm³/mol. The van der Waals surface area contributed by atoms with E-state index in [4.69, 9.17) is 14.2 Å². The molecule has 0 aromatic heterocycles. The van der Waals surface area contributed by atoms with Crippen LogP contribution in [0.4, 0.5) is 0 Å². The molecule has 1 saturated carbocycles. The van der Waals surface area contributed by atoms with Gasteiger partial charge in [0.1, 0.15) is 12.2 Å². The Balaban J connectivity index is 1.83. The maximum atomic E-state index is 12.8. The third-order valence-electron chi connectivity index (χ3n) is 7.34. The smallest absolute Gasteiger partial charge is 0.307 e. The molecule has 2 rings (SSSR count). The molecule has 2 aliphatic rings. The van der Waals surface area contributed by atoms with Crippen molar-refractivity contribution in [2.75, 3.05) is 13.2 Å². The molecule has 0 bridgehead atoms. The van der Waals surface area contributed by atoms with Crippen LogP contribution in [-0.4, -0.2) is 55.0 Å². The first kappa shape index (κ1) is 32.3. The number of amides is 2. The first-order chi connectivity index (χ1) is 18.0. The quantitative estimate of drug-likeness (QED) is 0.177. The summed E-state index contributed by atoms with van der Waals surface area (Å²) in [6, 6.07) is -0.187. The largest absolute Gasteiger partial charge is 0.460 e. The Morgan fingerprint density at radius 2 is 1.68 bits per heavy atom. The summed E-state index contributed by atoms with van der Waals surface area (Å²) in [5.41, 5.74) is 0.718. The Morgan fingerprint density at radius 1 is 0.947 bits per heavy atom.